The summed E-state index contributed by atoms with van der Waals surface area (Å²) in [6, 6.07) is 1.71. The smallest absolute Gasteiger partial charge is 0.145 e. The van der Waals surface area contributed by atoms with Gasteiger partial charge < -0.3 is 15.8 Å². The minimum Gasteiger partial charge on any atom is -0.391 e. The number of aromatic nitrogens is 2. The number of aryl methyl sites for hydroxylation is 1. The van der Waals surface area contributed by atoms with Crippen molar-refractivity contribution in [3.8, 4) is 0 Å². The summed E-state index contributed by atoms with van der Waals surface area (Å²) in [5, 5.41) is 13.0. The van der Waals surface area contributed by atoms with Gasteiger partial charge in [0.05, 0.1) is 6.10 Å². The molecule has 0 aliphatic heterocycles. The largest absolute Gasteiger partial charge is 0.391 e. The van der Waals surface area contributed by atoms with E-state index in [0.29, 0.717) is 24.0 Å². The van der Waals surface area contributed by atoms with E-state index in [4.69, 9.17) is 5.84 Å². The van der Waals surface area contributed by atoms with Crippen molar-refractivity contribution in [3.63, 3.8) is 0 Å². The van der Waals surface area contributed by atoms with Crippen molar-refractivity contribution in [3.05, 3.63) is 11.9 Å². The molecule has 0 aromatic carbocycles. The molecule has 0 radical (unpaired) electrons. The molecule has 1 aromatic heterocycles. The molecule has 1 heterocycles. The molecule has 0 saturated carbocycles. The first kappa shape index (κ1) is 14.7. The van der Waals surface area contributed by atoms with Crippen molar-refractivity contribution in [2.45, 2.75) is 40.2 Å². The standard InChI is InChI=1S/C12H23N5O/c1-8-15-10(5-11(16-8)17-13)14-7-9(18)6-12(2,3)4/h5,9,18H,6-7,13H2,1-4H3,(H2,14,15,16,17). The topological polar surface area (TPSA) is 96.1 Å². The lowest BCUT2D eigenvalue weighted by atomic mass is 9.89. The summed E-state index contributed by atoms with van der Waals surface area (Å²) in [5.41, 5.74) is 2.58. The fourth-order valence-electron chi connectivity index (χ4n) is 1.73. The summed E-state index contributed by atoms with van der Waals surface area (Å²) in [6.07, 6.45) is 0.320. The van der Waals surface area contributed by atoms with Crippen LogP contribution >= 0.6 is 0 Å². The van der Waals surface area contributed by atoms with Gasteiger partial charge in [0.1, 0.15) is 17.5 Å². The van der Waals surface area contributed by atoms with E-state index in [2.05, 4.69) is 41.5 Å². The predicted molar refractivity (Wildman–Crippen MR) is 73.1 cm³/mol. The van der Waals surface area contributed by atoms with Crippen LogP contribution in [0.2, 0.25) is 0 Å². The summed E-state index contributed by atoms with van der Waals surface area (Å²) >= 11 is 0. The monoisotopic (exact) mass is 253 g/mol. The average molecular weight is 253 g/mol. The van der Waals surface area contributed by atoms with Gasteiger partial charge in [0.2, 0.25) is 0 Å². The number of nitrogens with zero attached hydrogens (tertiary/aromatic N) is 2. The molecule has 0 amide bonds. The Morgan fingerprint density at radius 2 is 1.94 bits per heavy atom. The molecule has 1 unspecified atom stereocenters. The van der Waals surface area contributed by atoms with Crippen LogP contribution in [0.25, 0.3) is 0 Å². The molecule has 1 atom stereocenters. The minimum atomic E-state index is -0.408. The maximum Gasteiger partial charge on any atom is 0.145 e. The van der Waals surface area contributed by atoms with Gasteiger partial charge in [-0.15, -0.1) is 0 Å². The number of aliphatic hydroxyl groups is 1. The zero-order valence-electron chi connectivity index (χ0n) is 11.5. The summed E-state index contributed by atoms with van der Waals surface area (Å²) in [7, 11) is 0. The van der Waals surface area contributed by atoms with Crippen LogP contribution in [0.15, 0.2) is 6.07 Å². The zero-order chi connectivity index (χ0) is 13.8. The van der Waals surface area contributed by atoms with Crippen molar-refractivity contribution < 1.29 is 5.11 Å². The molecule has 0 bridgehead atoms. The highest BCUT2D eigenvalue weighted by Crippen LogP contribution is 2.21. The van der Waals surface area contributed by atoms with Crippen LogP contribution in [0.3, 0.4) is 0 Å². The molecule has 102 valence electrons. The van der Waals surface area contributed by atoms with Crippen molar-refractivity contribution in [2.75, 3.05) is 17.3 Å². The van der Waals surface area contributed by atoms with Crippen LogP contribution in [-0.2, 0) is 0 Å². The van der Waals surface area contributed by atoms with Gasteiger partial charge in [0.15, 0.2) is 0 Å². The van der Waals surface area contributed by atoms with Crippen LogP contribution in [0.4, 0.5) is 11.6 Å². The third-order valence-electron chi connectivity index (χ3n) is 2.35. The molecule has 1 rings (SSSR count). The second kappa shape index (κ2) is 5.97. The summed E-state index contributed by atoms with van der Waals surface area (Å²) in [4.78, 5) is 8.31. The Hall–Kier alpha value is -1.40. The van der Waals surface area contributed by atoms with Crippen LogP contribution in [0.1, 0.15) is 33.0 Å². The summed E-state index contributed by atoms with van der Waals surface area (Å²) in [6.45, 7) is 8.54. The number of nitrogens with two attached hydrogens (primary N) is 1. The van der Waals surface area contributed by atoms with E-state index in [1.54, 1.807) is 13.0 Å². The molecule has 6 nitrogen and oxygen atoms in total. The Bertz CT molecular complexity index is 389. The summed E-state index contributed by atoms with van der Waals surface area (Å²) < 4.78 is 0. The molecular weight excluding hydrogens is 230 g/mol. The van der Waals surface area contributed by atoms with E-state index >= 15 is 0 Å². The number of hydrogen-bond acceptors (Lipinski definition) is 6. The van der Waals surface area contributed by atoms with Crippen molar-refractivity contribution in [2.24, 2.45) is 11.3 Å². The maximum absolute atomic E-state index is 9.90. The van der Waals surface area contributed by atoms with E-state index in [1.807, 2.05) is 0 Å². The van der Waals surface area contributed by atoms with Gasteiger partial charge in [-0.1, -0.05) is 20.8 Å². The SMILES string of the molecule is Cc1nc(NN)cc(NCC(O)CC(C)(C)C)n1. The molecule has 1 aromatic rings. The van der Waals surface area contributed by atoms with Crippen LogP contribution < -0.4 is 16.6 Å². The van der Waals surface area contributed by atoms with Crippen molar-refractivity contribution in [1.82, 2.24) is 9.97 Å². The first-order chi connectivity index (χ1) is 8.30. The van der Waals surface area contributed by atoms with E-state index < -0.39 is 6.10 Å². The molecule has 0 spiro atoms. The number of aliphatic hydroxyl groups excluding tert-OH is 1. The zero-order valence-corrected chi connectivity index (χ0v) is 11.5. The number of anilines is 2. The molecule has 5 N–H and O–H groups in total. The normalized spacial score (nSPS) is 13.2. The lowest BCUT2D eigenvalue weighted by Gasteiger charge is -2.22. The average Bonchev–Trinajstić information content (AvgIpc) is 2.23. The molecule has 0 aliphatic carbocycles. The van der Waals surface area contributed by atoms with Gasteiger partial charge in [-0.25, -0.2) is 15.8 Å². The Morgan fingerprint density at radius 1 is 1.33 bits per heavy atom. The Morgan fingerprint density at radius 3 is 2.50 bits per heavy atom. The van der Waals surface area contributed by atoms with Gasteiger partial charge >= 0.3 is 0 Å². The molecular formula is C12H23N5O. The molecule has 18 heavy (non-hydrogen) atoms. The molecule has 0 fully saturated rings. The lowest BCUT2D eigenvalue weighted by molar-refractivity contribution is 0.132. The number of nitrogens with one attached hydrogen (secondary N) is 2. The lowest BCUT2D eigenvalue weighted by Crippen LogP contribution is -2.25. The molecule has 6 heteroatoms. The third kappa shape index (κ3) is 5.29. The number of nitrogen functional groups attached to an aromatic ring is 1. The van der Waals surface area contributed by atoms with Gasteiger partial charge in [-0.2, -0.15) is 0 Å². The highest BCUT2D eigenvalue weighted by Gasteiger charge is 2.16. The van der Waals surface area contributed by atoms with Crippen molar-refractivity contribution in [1.29, 1.82) is 0 Å². The minimum absolute atomic E-state index is 0.104. The number of rotatable bonds is 5. The van der Waals surface area contributed by atoms with E-state index in [9.17, 15) is 5.11 Å². The summed E-state index contributed by atoms with van der Waals surface area (Å²) in [5.74, 6) is 7.14. The quantitative estimate of drug-likeness (QED) is 0.466. The fraction of sp³-hybridized carbons (Fsp3) is 0.667. The van der Waals surface area contributed by atoms with Crippen molar-refractivity contribution >= 4 is 11.6 Å². The maximum atomic E-state index is 9.90. The Labute approximate surface area is 108 Å². The van der Waals surface area contributed by atoms with Crippen LogP contribution in [-0.4, -0.2) is 27.7 Å². The molecule has 0 aliphatic rings. The first-order valence-electron chi connectivity index (χ1n) is 6.04. The predicted octanol–water partition coefficient (Wildman–Crippen LogP) is 1.28. The second-order valence-corrected chi connectivity index (χ2v) is 5.63. The van der Waals surface area contributed by atoms with E-state index in [1.165, 1.54) is 0 Å². The Balaban J connectivity index is 2.55. The van der Waals surface area contributed by atoms with Gasteiger partial charge in [0.25, 0.3) is 0 Å². The van der Waals surface area contributed by atoms with Crippen LogP contribution in [0.5, 0.6) is 0 Å². The highest BCUT2D eigenvalue weighted by molar-refractivity contribution is 5.46. The first-order valence-corrected chi connectivity index (χ1v) is 6.04. The fourth-order valence-corrected chi connectivity index (χ4v) is 1.73. The Kier molecular flexibility index (Phi) is 4.86. The number of hydrogen-bond donors (Lipinski definition) is 4. The van der Waals surface area contributed by atoms with Gasteiger partial charge in [-0.05, 0) is 18.8 Å². The number of hydrazine groups is 1. The van der Waals surface area contributed by atoms with Gasteiger partial charge in [-0.3, -0.25) is 0 Å². The van der Waals surface area contributed by atoms with Crippen LogP contribution in [0, 0.1) is 12.3 Å². The van der Waals surface area contributed by atoms with Gasteiger partial charge in [0, 0.05) is 12.6 Å². The third-order valence-corrected chi connectivity index (χ3v) is 2.35. The highest BCUT2D eigenvalue weighted by atomic mass is 16.3. The van der Waals surface area contributed by atoms with E-state index in [0.717, 1.165) is 6.42 Å². The molecule has 0 saturated heterocycles. The second-order valence-electron chi connectivity index (χ2n) is 5.63. The van der Waals surface area contributed by atoms with E-state index in [-0.39, 0.29) is 5.41 Å².